The summed E-state index contributed by atoms with van der Waals surface area (Å²) in [6.45, 7) is 3.47. The zero-order chi connectivity index (χ0) is 32.5. The molecule has 0 bridgehead atoms. The van der Waals surface area contributed by atoms with Gasteiger partial charge in [0, 0.05) is 29.9 Å². The van der Waals surface area contributed by atoms with Gasteiger partial charge in [-0.05, 0) is 47.2 Å². The molecule has 0 aliphatic rings. The fourth-order valence-corrected chi connectivity index (χ4v) is 5.09. The van der Waals surface area contributed by atoms with Gasteiger partial charge in [0.15, 0.2) is 0 Å². The summed E-state index contributed by atoms with van der Waals surface area (Å²) in [4.78, 5) is 55.6. The highest BCUT2D eigenvalue weighted by Crippen LogP contribution is 2.20. The third-order valence-electron chi connectivity index (χ3n) is 7.60. The number of phenols is 1. The van der Waals surface area contributed by atoms with Gasteiger partial charge in [-0.2, -0.15) is 0 Å². The van der Waals surface area contributed by atoms with Crippen LogP contribution in [0.1, 0.15) is 30.5 Å². The van der Waals surface area contributed by atoms with Crippen LogP contribution < -0.4 is 21.7 Å². The molecule has 11 heteroatoms. The average molecular weight is 614 g/mol. The Hall–Kier alpha value is -5.16. The molecule has 3 amide bonds. The fraction of sp³-hybridized carbons (Fsp3) is 0.294. The SMILES string of the molecule is CC(C)C(NC(=O)C(Cc1c[nH]c2ccccc12)NC(=O)C(N)Cc1ccc(O)cc1)C(=O)NC(Cc1ccccc1)C(=O)O. The van der Waals surface area contributed by atoms with Gasteiger partial charge in [0.2, 0.25) is 17.7 Å². The average Bonchev–Trinajstić information content (AvgIpc) is 3.43. The van der Waals surface area contributed by atoms with Crippen LogP contribution in [0.3, 0.4) is 0 Å². The first-order valence-electron chi connectivity index (χ1n) is 14.8. The molecule has 11 nitrogen and oxygen atoms in total. The number of nitrogens with two attached hydrogens (primary N) is 1. The molecule has 45 heavy (non-hydrogen) atoms. The quantitative estimate of drug-likeness (QED) is 0.114. The number of carbonyl (C=O) groups is 4. The molecule has 0 aliphatic heterocycles. The summed E-state index contributed by atoms with van der Waals surface area (Å²) in [6.07, 6.45) is 2.11. The summed E-state index contributed by atoms with van der Waals surface area (Å²) in [5.74, 6) is -3.35. The number of amides is 3. The van der Waals surface area contributed by atoms with Gasteiger partial charge in [-0.25, -0.2) is 4.79 Å². The molecule has 1 heterocycles. The maximum atomic E-state index is 13.8. The van der Waals surface area contributed by atoms with Crippen molar-refractivity contribution < 1.29 is 29.4 Å². The van der Waals surface area contributed by atoms with E-state index in [1.54, 1.807) is 56.4 Å². The summed E-state index contributed by atoms with van der Waals surface area (Å²) in [7, 11) is 0. The van der Waals surface area contributed by atoms with Crippen molar-refractivity contribution in [1.29, 1.82) is 0 Å². The summed E-state index contributed by atoms with van der Waals surface area (Å²) in [5.41, 5.74) is 9.31. The van der Waals surface area contributed by atoms with E-state index in [0.29, 0.717) is 0 Å². The van der Waals surface area contributed by atoms with Crippen molar-refractivity contribution >= 4 is 34.6 Å². The van der Waals surface area contributed by atoms with Gasteiger partial charge in [-0.3, -0.25) is 14.4 Å². The number of aromatic nitrogens is 1. The molecular weight excluding hydrogens is 574 g/mol. The predicted octanol–water partition coefficient (Wildman–Crippen LogP) is 2.42. The van der Waals surface area contributed by atoms with Crippen LogP contribution in [0.2, 0.25) is 0 Å². The Morgan fingerprint density at radius 3 is 2.02 bits per heavy atom. The van der Waals surface area contributed by atoms with Crippen molar-refractivity contribution in [2.24, 2.45) is 11.7 Å². The molecule has 0 aliphatic carbocycles. The molecule has 0 saturated carbocycles. The zero-order valence-electron chi connectivity index (χ0n) is 25.2. The minimum absolute atomic E-state index is 0.0683. The number of phenolic OH excluding ortho intramolecular Hbond substituents is 1. The van der Waals surface area contributed by atoms with Gasteiger partial charge in [0.05, 0.1) is 6.04 Å². The number of rotatable bonds is 14. The lowest BCUT2D eigenvalue weighted by Crippen LogP contribution is -2.59. The molecule has 0 fully saturated rings. The number of fused-ring (bicyclic) bond motifs is 1. The highest BCUT2D eigenvalue weighted by molar-refractivity contribution is 5.95. The number of hydrogen-bond donors (Lipinski definition) is 7. The number of hydrogen-bond acceptors (Lipinski definition) is 6. The second-order valence-corrected chi connectivity index (χ2v) is 11.4. The van der Waals surface area contributed by atoms with Crippen molar-refractivity contribution in [2.45, 2.75) is 57.3 Å². The largest absolute Gasteiger partial charge is 0.508 e. The first-order chi connectivity index (χ1) is 21.5. The molecule has 236 valence electrons. The fourth-order valence-electron chi connectivity index (χ4n) is 5.09. The minimum atomic E-state index is -1.21. The number of nitrogens with one attached hydrogen (secondary N) is 4. The number of para-hydroxylation sites is 1. The van der Waals surface area contributed by atoms with Crippen LogP contribution in [0.25, 0.3) is 10.9 Å². The van der Waals surface area contributed by atoms with Crippen LogP contribution in [0.4, 0.5) is 0 Å². The van der Waals surface area contributed by atoms with Crippen LogP contribution in [0, 0.1) is 5.92 Å². The Morgan fingerprint density at radius 1 is 0.733 bits per heavy atom. The molecule has 0 saturated heterocycles. The molecule has 4 atom stereocenters. The smallest absolute Gasteiger partial charge is 0.326 e. The normalized spacial score (nSPS) is 13.9. The van der Waals surface area contributed by atoms with Gasteiger partial charge in [-0.1, -0.05) is 74.5 Å². The molecular formula is C34H39N5O6. The van der Waals surface area contributed by atoms with E-state index < -0.39 is 53.8 Å². The molecule has 3 aromatic carbocycles. The van der Waals surface area contributed by atoms with E-state index in [-0.39, 0.29) is 25.0 Å². The molecule has 4 rings (SSSR count). The Morgan fingerprint density at radius 2 is 1.36 bits per heavy atom. The highest BCUT2D eigenvalue weighted by atomic mass is 16.4. The molecule has 0 spiro atoms. The Kier molecular flexibility index (Phi) is 10.9. The van der Waals surface area contributed by atoms with Crippen LogP contribution in [0.15, 0.2) is 85.1 Å². The number of aromatic hydroxyl groups is 1. The topological polar surface area (TPSA) is 187 Å². The zero-order valence-corrected chi connectivity index (χ0v) is 25.2. The summed E-state index contributed by atoms with van der Waals surface area (Å²) >= 11 is 0. The van der Waals surface area contributed by atoms with Crippen molar-refractivity contribution in [3.05, 3.63) is 102 Å². The lowest BCUT2D eigenvalue weighted by molar-refractivity contribution is -0.142. The molecule has 0 radical (unpaired) electrons. The maximum Gasteiger partial charge on any atom is 0.326 e. The van der Waals surface area contributed by atoms with E-state index in [1.165, 1.54) is 12.1 Å². The number of aromatic amines is 1. The minimum Gasteiger partial charge on any atom is -0.508 e. The number of aliphatic carboxylic acids is 1. The number of benzene rings is 3. The Balaban J connectivity index is 1.52. The molecule has 4 aromatic rings. The van der Waals surface area contributed by atoms with E-state index in [1.807, 2.05) is 30.3 Å². The van der Waals surface area contributed by atoms with Crippen molar-refractivity contribution in [3.63, 3.8) is 0 Å². The van der Waals surface area contributed by atoms with Gasteiger partial charge < -0.3 is 36.9 Å². The predicted molar refractivity (Wildman–Crippen MR) is 170 cm³/mol. The number of carbonyl (C=O) groups excluding carboxylic acids is 3. The Labute approximate surface area is 261 Å². The third-order valence-corrected chi connectivity index (χ3v) is 7.60. The van der Waals surface area contributed by atoms with E-state index in [4.69, 9.17) is 5.73 Å². The summed E-state index contributed by atoms with van der Waals surface area (Å²) in [5, 5.41) is 28.3. The number of carboxylic acids is 1. The van der Waals surface area contributed by atoms with Crippen LogP contribution in [-0.4, -0.2) is 63.1 Å². The second kappa shape index (κ2) is 15.0. The number of H-pyrrole nitrogens is 1. The molecule has 1 aromatic heterocycles. The van der Waals surface area contributed by atoms with Crippen molar-refractivity contribution in [3.8, 4) is 5.75 Å². The lowest BCUT2D eigenvalue weighted by atomic mass is 9.99. The van der Waals surface area contributed by atoms with Crippen LogP contribution >= 0.6 is 0 Å². The summed E-state index contributed by atoms with van der Waals surface area (Å²) in [6, 6.07) is 18.4. The monoisotopic (exact) mass is 613 g/mol. The summed E-state index contributed by atoms with van der Waals surface area (Å²) < 4.78 is 0. The lowest BCUT2D eigenvalue weighted by Gasteiger charge is -2.27. The van der Waals surface area contributed by atoms with E-state index in [2.05, 4.69) is 20.9 Å². The van der Waals surface area contributed by atoms with Crippen LogP contribution in [-0.2, 0) is 38.4 Å². The number of carboxylic acid groups (broad SMARTS) is 1. The highest BCUT2D eigenvalue weighted by Gasteiger charge is 2.32. The standard InChI is InChI=1S/C34H39N5O6/c1-20(2)30(33(43)38-29(34(44)45)17-21-8-4-3-5-9-21)39-32(42)28(18-23-19-36-27-11-7-6-10-25(23)27)37-31(41)26(35)16-22-12-14-24(40)15-13-22/h3-15,19-20,26,28-30,36,40H,16-18,35H2,1-2H3,(H,37,41)(H,38,43)(H,39,42)(H,44,45). The first-order valence-corrected chi connectivity index (χ1v) is 14.8. The van der Waals surface area contributed by atoms with E-state index in [0.717, 1.165) is 27.6 Å². The van der Waals surface area contributed by atoms with Gasteiger partial charge in [-0.15, -0.1) is 0 Å². The first kappa shape index (κ1) is 32.7. The van der Waals surface area contributed by atoms with Gasteiger partial charge >= 0.3 is 5.97 Å². The maximum absolute atomic E-state index is 13.8. The van der Waals surface area contributed by atoms with Gasteiger partial charge in [0.25, 0.3) is 0 Å². The van der Waals surface area contributed by atoms with Crippen LogP contribution in [0.5, 0.6) is 5.75 Å². The van der Waals surface area contributed by atoms with E-state index in [9.17, 15) is 29.4 Å². The Bertz CT molecular complexity index is 1620. The molecule has 4 unspecified atom stereocenters. The van der Waals surface area contributed by atoms with Crippen molar-refractivity contribution in [2.75, 3.05) is 0 Å². The third kappa shape index (κ3) is 8.93. The second-order valence-electron chi connectivity index (χ2n) is 11.4. The van der Waals surface area contributed by atoms with E-state index >= 15 is 0 Å². The van der Waals surface area contributed by atoms with Gasteiger partial charge in [0.1, 0.15) is 23.9 Å². The molecule has 8 N–H and O–H groups in total. The van der Waals surface area contributed by atoms with Crippen molar-refractivity contribution in [1.82, 2.24) is 20.9 Å².